The molecule has 2 rings (SSSR count). The minimum absolute atomic E-state index is 0.400. The maximum Gasteiger partial charge on any atom is 0.170 e. The van der Waals surface area contributed by atoms with Crippen LogP contribution in [0.5, 0.6) is 5.75 Å². The summed E-state index contributed by atoms with van der Waals surface area (Å²) >= 11 is 3.51. The van der Waals surface area contributed by atoms with Crippen LogP contribution >= 0.6 is 15.9 Å². The zero-order chi connectivity index (χ0) is 14.7. The maximum atomic E-state index is 5.96. The molecule has 0 bridgehead atoms. The third-order valence-electron chi connectivity index (χ3n) is 3.26. The molecule has 0 fully saturated rings. The molecule has 1 heterocycles. The minimum atomic E-state index is 0.400. The molecule has 0 spiro atoms. The van der Waals surface area contributed by atoms with Gasteiger partial charge in [0.05, 0.1) is 0 Å². The van der Waals surface area contributed by atoms with Crippen LogP contribution in [0.25, 0.3) is 0 Å². The Labute approximate surface area is 127 Å². The average molecular weight is 339 g/mol. The van der Waals surface area contributed by atoms with E-state index in [1.807, 2.05) is 31.5 Å². The number of hydrogen-bond donors (Lipinski definition) is 1. The molecule has 0 aliphatic carbocycles. The van der Waals surface area contributed by atoms with E-state index >= 15 is 0 Å². The summed E-state index contributed by atoms with van der Waals surface area (Å²) < 4.78 is 8.93. The van der Waals surface area contributed by atoms with E-state index < -0.39 is 0 Å². The van der Waals surface area contributed by atoms with Crippen LogP contribution in [-0.4, -0.2) is 21.3 Å². The lowest BCUT2D eigenvalue weighted by Gasteiger charge is -2.14. The third-order valence-corrected chi connectivity index (χ3v) is 3.72. The van der Waals surface area contributed by atoms with Crippen LogP contribution in [0.1, 0.15) is 22.8 Å². The Balaban J connectivity index is 2.22. The first-order chi connectivity index (χ1) is 9.52. The Morgan fingerprint density at radius 3 is 2.65 bits per heavy atom. The average Bonchev–Trinajstić information content (AvgIpc) is 2.69. The van der Waals surface area contributed by atoms with Crippen molar-refractivity contribution in [3.05, 3.63) is 39.4 Å². The van der Waals surface area contributed by atoms with Gasteiger partial charge in [-0.15, -0.1) is 10.2 Å². The molecule has 2 N–H and O–H groups in total. The largest absolute Gasteiger partial charge is 0.485 e. The zero-order valence-corrected chi connectivity index (χ0v) is 13.6. The van der Waals surface area contributed by atoms with Gasteiger partial charge in [0.1, 0.15) is 18.2 Å². The van der Waals surface area contributed by atoms with Crippen LogP contribution in [-0.2, 0) is 20.1 Å². The second-order valence-corrected chi connectivity index (χ2v) is 5.68. The highest BCUT2D eigenvalue weighted by Crippen LogP contribution is 2.29. The number of rotatable bonds is 5. The molecule has 1 aromatic heterocycles. The highest BCUT2D eigenvalue weighted by molar-refractivity contribution is 9.10. The fourth-order valence-corrected chi connectivity index (χ4v) is 2.68. The Morgan fingerprint density at radius 1 is 1.30 bits per heavy atom. The van der Waals surface area contributed by atoms with Crippen LogP contribution in [0, 0.1) is 13.8 Å². The predicted molar refractivity (Wildman–Crippen MR) is 81.7 cm³/mol. The van der Waals surface area contributed by atoms with Crippen LogP contribution < -0.4 is 10.5 Å². The number of nitrogens with zero attached hydrogens (tertiary/aromatic N) is 3. The van der Waals surface area contributed by atoms with Crippen molar-refractivity contribution in [3.63, 3.8) is 0 Å². The molecule has 0 amide bonds. The van der Waals surface area contributed by atoms with Crippen molar-refractivity contribution in [1.29, 1.82) is 0 Å². The first-order valence-corrected chi connectivity index (χ1v) is 7.29. The molecule has 0 saturated heterocycles. The molecule has 6 heteroatoms. The molecule has 20 heavy (non-hydrogen) atoms. The molecule has 0 unspecified atom stereocenters. The van der Waals surface area contributed by atoms with E-state index in [2.05, 4.69) is 32.2 Å². The fraction of sp³-hybridized carbons (Fsp3) is 0.429. The highest BCUT2D eigenvalue weighted by atomic mass is 79.9. The number of aryl methyl sites for hydroxylation is 2. The smallest absolute Gasteiger partial charge is 0.170 e. The van der Waals surface area contributed by atoms with Crippen molar-refractivity contribution >= 4 is 15.9 Å². The lowest BCUT2D eigenvalue weighted by Crippen LogP contribution is -2.09. The van der Waals surface area contributed by atoms with Gasteiger partial charge < -0.3 is 15.0 Å². The quantitative estimate of drug-likeness (QED) is 0.908. The maximum absolute atomic E-state index is 5.96. The van der Waals surface area contributed by atoms with E-state index in [9.17, 15) is 0 Å². The van der Waals surface area contributed by atoms with Crippen LogP contribution in [0.2, 0.25) is 0 Å². The van der Waals surface area contributed by atoms with E-state index in [1.165, 1.54) is 0 Å². The number of aromatic nitrogens is 3. The lowest BCUT2D eigenvalue weighted by atomic mass is 10.1. The van der Waals surface area contributed by atoms with Gasteiger partial charge >= 0.3 is 0 Å². The monoisotopic (exact) mass is 338 g/mol. The SMILES string of the molecule is Cc1cc(Br)cc(CCN)c1OCc1nnc(C)n1C. The summed E-state index contributed by atoms with van der Waals surface area (Å²) in [6.07, 6.45) is 0.785. The standard InChI is InChI=1S/C14H19BrN4O/c1-9-6-12(15)7-11(4-5-16)14(9)20-8-13-18-17-10(2)19(13)3/h6-7H,4-5,8,16H2,1-3H3. The first-order valence-electron chi connectivity index (χ1n) is 6.49. The molecule has 108 valence electrons. The van der Waals surface area contributed by atoms with Gasteiger partial charge in [0.2, 0.25) is 0 Å². The number of nitrogens with two attached hydrogens (primary N) is 1. The third kappa shape index (κ3) is 3.19. The highest BCUT2D eigenvalue weighted by Gasteiger charge is 2.11. The number of ether oxygens (including phenoxy) is 1. The summed E-state index contributed by atoms with van der Waals surface area (Å²) in [5.41, 5.74) is 7.86. The summed E-state index contributed by atoms with van der Waals surface area (Å²) in [5, 5.41) is 8.14. The molecule has 0 atom stereocenters. The van der Waals surface area contributed by atoms with Crippen molar-refractivity contribution in [3.8, 4) is 5.75 Å². The summed E-state index contributed by atoms with van der Waals surface area (Å²) in [4.78, 5) is 0. The zero-order valence-electron chi connectivity index (χ0n) is 12.0. The van der Waals surface area contributed by atoms with Gasteiger partial charge in [-0.1, -0.05) is 15.9 Å². The van der Waals surface area contributed by atoms with E-state index in [-0.39, 0.29) is 0 Å². The van der Waals surface area contributed by atoms with E-state index in [4.69, 9.17) is 10.5 Å². The lowest BCUT2D eigenvalue weighted by molar-refractivity contribution is 0.286. The summed E-state index contributed by atoms with van der Waals surface area (Å²) in [6, 6.07) is 4.09. The molecule has 2 aromatic rings. The molecule has 0 aliphatic rings. The van der Waals surface area contributed by atoms with Gasteiger partial charge in [-0.25, -0.2) is 0 Å². The Morgan fingerprint density at radius 2 is 2.05 bits per heavy atom. The molecule has 0 radical (unpaired) electrons. The second kappa shape index (κ2) is 6.37. The van der Waals surface area contributed by atoms with Crippen LogP contribution in [0.15, 0.2) is 16.6 Å². The van der Waals surface area contributed by atoms with E-state index in [0.717, 1.165) is 39.4 Å². The number of benzene rings is 1. The van der Waals surface area contributed by atoms with Gasteiger partial charge in [-0.3, -0.25) is 0 Å². The normalized spacial score (nSPS) is 10.8. The van der Waals surface area contributed by atoms with Gasteiger partial charge in [-0.05, 0) is 50.1 Å². The number of hydrogen-bond acceptors (Lipinski definition) is 4. The summed E-state index contributed by atoms with van der Waals surface area (Å²) in [6.45, 7) is 4.94. The van der Waals surface area contributed by atoms with Crippen molar-refractivity contribution in [2.75, 3.05) is 6.54 Å². The first kappa shape index (κ1) is 15.0. The van der Waals surface area contributed by atoms with Crippen LogP contribution in [0.3, 0.4) is 0 Å². The minimum Gasteiger partial charge on any atom is -0.485 e. The Hall–Kier alpha value is -1.40. The van der Waals surface area contributed by atoms with Crippen molar-refractivity contribution in [2.45, 2.75) is 26.9 Å². The fourth-order valence-electron chi connectivity index (χ4n) is 2.06. The van der Waals surface area contributed by atoms with E-state index in [1.54, 1.807) is 0 Å². The van der Waals surface area contributed by atoms with E-state index in [0.29, 0.717) is 13.2 Å². The number of halogens is 1. The van der Waals surface area contributed by atoms with Crippen molar-refractivity contribution in [1.82, 2.24) is 14.8 Å². The molecule has 5 nitrogen and oxygen atoms in total. The van der Waals surface area contributed by atoms with Crippen molar-refractivity contribution in [2.24, 2.45) is 12.8 Å². The van der Waals surface area contributed by atoms with Crippen molar-refractivity contribution < 1.29 is 4.74 Å². The molecule has 0 aliphatic heterocycles. The molecular weight excluding hydrogens is 320 g/mol. The predicted octanol–water partition coefficient (Wildman–Crippen LogP) is 2.27. The molecular formula is C14H19BrN4O. The Kier molecular flexibility index (Phi) is 4.77. The van der Waals surface area contributed by atoms with Gasteiger partial charge in [0.15, 0.2) is 5.82 Å². The van der Waals surface area contributed by atoms with Crippen LogP contribution in [0.4, 0.5) is 0 Å². The Bertz CT molecular complexity index is 609. The topological polar surface area (TPSA) is 66.0 Å². The summed E-state index contributed by atoms with van der Waals surface area (Å²) in [7, 11) is 1.93. The summed E-state index contributed by atoms with van der Waals surface area (Å²) in [5.74, 6) is 2.57. The second-order valence-electron chi connectivity index (χ2n) is 4.76. The van der Waals surface area contributed by atoms with Gasteiger partial charge in [0, 0.05) is 11.5 Å². The van der Waals surface area contributed by atoms with Gasteiger partial charge in [-0.2, -0.15) is 0 Å². The van der Waals surface area contributed by atoms with Gasteiger partial charge in [0.25, 0.3) is 0 Å². The molecule has 1 aromatic carbocycles. The molecule has 0 saturated carbocycles.